The van der Waals surface area contributed by atoms with Crippen molar-refractivity contribution in [2.24, 2.45) is 4.99 Å². The number of nitrogens with zero attached hydrogens (tertiary/aromatic N) is 3. The summed E-state index contributed by atoms with van der Waals surface area (Å²) in [6.07, 6.45) is 3.96. The predicted octanol–water partition coefficient (Wildman–Crippen LogP) is 3.84. The first-order valence-corrected chi connectivity index (χ1v) is 10.7. The second-order valence-corrected chi connectivity index (χ2v) is 7.59. The van der Waals surface area contributed by atoms with E-state index in [9.17, 15) is 10.1 Å². The van der Waals surface area contributed by atoms with Crippen LogP contribution in [0.1, 0.15) is 42.9 Å². The molecule has 2 aromatic rings. The van der Waals surface area contributed by atoms with E-state index in [-0.39, 0.29) is 10.6 Å². The summed E-state index contributed by atoms with van der Waals surface area (Å²) in [7, 11) is 0. The van der Waals surface area contributed by atoms with Crippen molar-refractivity contribution in [1.29, 1.82) is 0 Å². The van der Waals surface area contributed by atoms with Gasteiger partial charge in [-0.05, 0) is 44.0 Å². The van der Waals surface area contributed by atoms with Gasteiger partial charge < -0.3 is 10.6 Å². The number of aliphatic imine (C=N–C) groups is 1. The van der Waals surface area contributed by atoms with Crippen LogP contribution < -0.4 is 10.6 Å². The Labute approximate surface area is 178 Å². The summed E-state index contributed by atoms with van der Waals surface area (Å²) in [5, 5.41) is 17.6. The number of rotatable bonds is 8. The molecule has 0 radical (unpaired) electrons. The highest BCUT2D eigenvalue weighted by molar-refractivity contribution is 5.79. The molecule has 1 fully saturated rings. The molecule has 3 rings (SSSR count). The van der Waals surface area contributed by atoms with Crippen LogP contribution >= 0.6 is 0 Å². The zero-order valence-corrected chi connectivity index (χ0v) is 17.6. The summed E-state index contributed by atoms with van der Waals surface area (Å²) < 4.78 is 0. The van der Waals surface area contributed by atoms with E-state index in [4.69, 9.17) is 0 Å². The average molecular weight is 410 g/mol. The summed E-state index contributed by atoms with van der Waals surface area (Å²) in [6, 6.07) is 15.4. The second kappa shape index (κ2) is 11.3. The Bertz CT molecular complexity index is 845. The highest BCUT2D eigenvalue weighted by atomic mass is 16.6. The number of nitro groups is 1. The molecule has 0 bridgehead atoms. The first kappa shape index (κ1) is 21.8. The molecule has 0 unspecified atom stereocenters. The van der Waals surface area contributed by atoms with Crippen LogP contribution in [-0.4, -0.2) is 35.4 Å². The van der Waals surface area contributed by atoms with Gasteiger partial charge in [-0.1, -0.05) is 48.9 Å². The Morgan fingerprint density at radius 2 is 1.73 bits per heavy atom. The molecule has 2 N–H and O–H groups in total. The number of likely N-dealkylation sites (tertiary alicyclic amines) is 1. The molecular weight excluding hydrogens is 378 g/mol. The van der Waals surface area contributed by atoms with E-state index in [2.05, 4.69) is 44.8 Å². The van der Waals surface area contributed by atoms with Crippen molar-refractivity contribution < 1.29 is 4.92 Å². The predicted molar refractivity (Wildman–Crippen MR) is 120 cm³/mol. The fourth-order valence-corrected chi connectivity index (χ4v) is 3.66. The van der Waals surface area contributed by atoms with E-state index < -0.39 is 0 Å². The fraction of sp³-hybridized carbons (Fsp3) is 0.435. The van der Waals surface area contributed by atoms with Crippen LogP contribution in [-0.2, 0) is 19.6 Å². The molecular formula is C23H31N5O2. The SMILES string of the molecule is CCNC(=NCc1ccc(CN2CCCCC2)cc1)NCc1ccccc1[N+](=O)[O-]. The van der Waals surface area contributed by atoms with Gasteiger partial charge in [-0.3, -0.25) is 15.0 Å². The molecule has 0 saturated carbocycles. The van der Waals surface area contributed by atoms with Gasteiger partial charge in [0.15, 0.2) is 5.96 Å². The van der Waals surface area contributed by atoms with Crippen LogP contribution in [0.4, 0.5) is 5.69 Å². The van der Waals surface area contributed by atoms with Crippen molar-refractivity contribution >= 4 is 11.6 Å². The summed E-state index contributed by atoms with van der Waals surface area (Å²) in [5.41, 5.74) is 3.23. The lowest BCUT2D eigenvalue weighted by Gasteiger charge is -2.26. The van der Waals surface area contributed by atoms with Gasteiger partial charge >= 0.3 is 0 Å². The lowest BCUT2D eigenvalue weighted by molar-refractivity contribution is -0.385. The lowest BCUT2D eigenvalue weighted by atomic mass is 10.1. The van der Waals surface area contributed by atoms with Crippen LogP contribution in [0, 0.1) is 10.1 Å². The minimum absolute atomic E-state index is 0.116. The highest BCUT2D eigenvalue weighted by Gasteiger charge is 2.12. The van der Waals surface area contributed by atoms with Crippen LogP contribution in [0.2, 0.25) is 0 Å². The van der Waals surface area contributed by atoms with E-state index in [0.29, 0.717) is 24.6 Å². The average Bonchev–Trinajstić information content (AvgIpc) is 2.77. The first-order chi connectivity index (χ1) is 14.7. The maximum absolute atomic E-state index is 11.2. The number of guanidine groups is 1. The molecule has 7 heteroatoms. The largest absolute Gasteiger partial charge is 0.357 e. The van der Waals surface area contributed by atoms with Crippen LogP contribution in [0.3, 0.4) is 0 Å². The molecule has 1 heterocycles. The van der Waals surface area contributed by atoms with Crippen molar-refractivity contribution in [2.75, 3.05) is 19.6 Å². The van der Waals surface area contributed by atoms with Gasteiger partial charge in [0.2, 0.25) is 0 Å². The Balaban J connectivity index is 1.57. The monoisotopic (exact) mass is 409 g/mol. The number of hydrogen-bond donors (Lipinski definition) is 2. The maximum Gasteiger partial charge on any atom is 0.274 e. The molecule has 1 aliphatic rings. The molecule has 2 aromatic carbocycles. The van der Waals surface area contributed by atoms with Gasteiger partial charge in [0, 0.05) is 31.3 Å². The maximum atomic E-state index is 11.2. The van der Waals surface area contributed by atoms with Gasteiger partial charge in [-0.2, -0.15) is 0 Å². The second-order valence-electron chi connectivity index (χ2n) is 7.59. The van der Waals surface area contributed by atoms with Crippen molar-refractivity contribution in [3.63, 3.8) is 0 Å². The first-order valence-electron chi connectivity index (χ1n) is 10.7. The van der Waals surface area contributed by atoms with Crippen LogP contribution in [0.5, 0.6) is 0 Å². The lowest BCUT2D eigenvalue weighted by Crippen LogP contribution is -2.36. The third-order valence-corrected chi connectivity index (χ3v) is 5.28. The normalized spacial score (nSPS) is 15.0. The van der Waals surface area contributed by atoms with E-state index in [1.165, 1.54) is 44.0 Å². The summed E-state index contributed by atoms with van der Waals surface area (Å²) in [6.45, 7) is 7.03. The molecule has 0 amide bonds. The van der Waals surface area contributed by atoms with Gasteiger partial charge in [0.05, 0.1) is 11.5 Å². The third kappa shape index (κ3) is 6.56. The van der Waals surface area contributed by atoms with Crippen molar-refractivity contribution in [2.45, 2.75) is 45.8 Å². The van der Waals surface area contributed by atoms with E-state index in [1.807, 2.05) is 6.92 Å². The molecule has 30 heavy (non-hydrogen) atoms. The van der Waals surface area contributed by atoms with Crippen LogP contribution in [0.25, 0.3) is 0 Å². The van der Waals surface area contributed by atoms with Crippen molar-refractivity contribution in [1.82, 2.24) is 15.5 Å². The molecule has 1 saturated heterocycles. The Kier molecular flexibility index (Phi) is 8.20. The summed E-state index contributed by atoms with van der Waals surface area (Å²) in [4.78, 5) is 18.0. The van der Waals surface area contributed by atoms with Gasteiger partial charge in [0.25, 0.3) is 5.69 Å². The molecule has 0 spiro atoms. The fourth-order valence-electron chi connectivity index (χ4n) is 3.66. The van der Waals surface area contributed by atoms with E-state index >= 15 is 0 Å². The number of nitro benzene ring substituents is 1. The summed E-state index contributed by atoms with van der Waals surface area (Å²) >= 11 is 0. The third-order valence-electron chi connectivity index (χ3n) is 5.28. The minimum Gasteiger partial charge on any atom is -0.357 e. The Hall–Kier alpha value is -2.93. The Morgan fingerprint density at radius 1 is 1.03 bits per heavy atom. The number of para-hydroxylation sites is 1. The quantitative estimate of drug-likeness (QED) is 0.300. The smallest absolute Gasteiger partial charge is 0.274 e. The minimum atomic E-state index is -0.355. The molecule has 1 aliphatic heterocycles. The zero-order valence-electron chi connectivity index (χ0n) is 17.6. The summed E-state index contributed by atoms with van der Waals surface area (Å²) in [5.74, 6) is 0.646. The van der Waals surface area contributed by atoms with Crippen molar-refractivity contribution in [3.05, 3.63) is 75.3 Å². The molecule has 7 nitrogen and oxygen atoms in total. The van der Waals surface area contributed by atoms with Crippen molar-refractivity contribution in [3.8, 4) is 0 Å². The molecule has 0 aromatic heterocycles. The Morgan fingerprint density at radius 3 is 2.43 bits per heavy atom. The zero-order chi connectivity index (χ0) is 21.2. The number of piperidine rings is 1. The van der Waals surface area contributed by atoms with Crippen LogP contribution in [0.15, 0.2) is 53.5 Å². The van der Waals surface area contributed by atoms with Gasteiger partial charge in [-0.25, -0.2) is 4.99 Å². The molecule has 160 valence electrons. The topological polar surface area (TPSA) is 82.8 Å². The number of nitrogens with one attached hydrogen (secondary N) is 2. The van der Waals surface area contributed by atoms with E-state index in [1.54, 1.807) is 18.2 Å². The number of benzene rings is 2. The highest BCUT2D eigenvalue weighted by Crippen LogP contribution is 2.17. The number of hydrogen-bond acceptors (Lipinski definition) is 4. The van der Waals surface area contributed by atoms with Gasteiger partial charge in [-0.15, -0.1) is 0 Å². The standard InChI is InChI=1S/C23H31N5O2/c1-2-24-23(26-17-21-8-4-5-9-22(21)28(29)30)25-16-19-10-12-20(13-11-19)18-27-14-6-3-7-15-27/h4-5,8-13H,2-3,6-7,14-18H2,1H3,(H2,24,25,26). The van der Waals surface area contributed by atoms with Gasteiger partial charge in [0.1, 0.15) is 0 Å². The molecule has 0 atom stereocenters. The van der Waals surface area contributed by atoms with E-state index in [0.717, 1.165) is 18.7 Å². The molecule has 0 aliphatic carbocycles.